The highest BCUT2D eigenvalue weighted by Gasteiger charge is 2.30. The van der Waals surface area contributed by atoms with Gasteiger partial charge in [-0.25, -0.2) is 4.79 Å². The van der Waals surface area contributed by atoms with Crippen LogP contribution in [0.15, 0.2) is 59.6 Å². The molecule has 4 unspecified atom stereocenters. The van der Waals surface area contributed by atoms with E-state index in [0.717, 1.165) is 5.56 Å². The Kier molecular flexibility index (Phi) is 14.1. The van der Waals surface area contributed by atoms with E-state index in [1.807, 2.05) is 6.07 Å². The summed E-state index contributed by atoms with van der Waals surface area (Å²) in [6.07, 6.45) is -0.111. The highest BCUT2D eigenvalue weighted by molar-refractivity contribution is 5.94. The van der Waals surface area contributed by atoms with Crippen LogP contribution in [0.5, 0.6) is 5.75 Å². The van der Waals surface area contributed by atoms with Gasteiger partial charge in [0.1, 0.15) is 23.9 Å². The van der Waals surface area contributed by atoms with Gasteiger partial charge in [-0.1, -0.05) is 42.5 Å². The Hall–Kier alpha value is -5.18. The Bertz CT molecular complexity index is 1300. The lowest BCUT2D eigenvalue weighted by Gasteiger charge is -2.25. The number of hydrogen-bond acceptors (Lipinski definition) is 8. The van der Waals surface area contributed by atoms with Gasteiger partial charge >= 0.3 is 5.97 Å². The predicted molar refractivity (Wildman–Crippen MR) is 162 cm³/mol. The minimum Gasteiger partial charge on any atom is -0.508 e. The van der Waals surface area contributed by atoms with E-state index in [1.165, 1.54) is 24.3 Å². The molecular weight excluding hydrogens is 572 g/mol. The van der Waals surface area contributed by atoms with E-state index >= 15 is 0 Å². The fraction of sp³-hybridized carbons (Fsp3) is 0.379. The molecule has 4 atom stereocenters. The van der Waals surface area contributed by atoms with Gasteiger partial charge in [-0.15, -0.1) is 0 Å². The minimum atomic E-state index is -1.40. The van der Waals surface area contributed by atoms with Crippen molar-refractivity contribution in [2.24, 2.45) is 27.9 Å². The summed E-state index contributed by atoms with van der Waals surface area (Å²) in [5.41, 5.74) is 23.4. The third-order valence-corrected chi connectivity index (χ3v) is 6.52. The Morgan fingerprint density at radius 1 is 0.727 bits per heavy atom. The van der Waals surface area contributed by atoms with Crippen LogP contribution < -0.4 is 38.9 Å². The van der Waals surface area contributed by atoms with E-state index in [9.17, 15) is 34.2 Å². The molecule has 0 saturated heterocycles. The fourth-order valence-corrected chi connectivity index (χ4v) is 4.18. The molecule has 2 rings (SSSR count). The normalized spacial score (nSPS) is 13.4. The molecule has 0 heterocycles. The summed E-state index contributed by atoms with van der Waals surface area (Å²) in [6.45, 7) is 0.154. The molecule has 2 aromatic carbocycles. The topological polar surface area (TPSA) is 278 Å². The smallest absolute Gasteiger partial charge is 0.326 e. The van der Waals surface area contributed by atoms with Crippen LogP contribution in [0.4, 0.5) is 0 Å². The number of carbonyl (C=O) groups is 5. The number of phenolic OH excluding ortho intramolecular Hbond substituents is 1. The van der Waals surface area contributed by atoms with Crippen LogP contribution in [0, 0.1) is 0 Å². The number of aromatic hydroxyl groups is 1. The summed E-state index contributed by atoms with van der Waals surface area (Å²) < 4.78 is 0. The molecule has 0 bridgehead atoms. The lowest BCUT2D eigenvalue weighted by molar-refractivity contribution is -0.142. The van der Waals surface area contributed by atoms with E-state index in [4.69, 9.17) is 22.9 Å². The number of aliphatic carboxylic acids is 1. The first-order valence-corrected chi connectivity index (χ1v) is 13.9. The predicted octanol–water partition coefficient (Wildman–Crippen LogP) is -1.64. The number of aliphatic imine (C=N–C) groups is 1. The van der Waals surface area contributed by atoms with Gasteiger partial charge in [-0.2, -0.15) is 0 Å². The summed E-state index contributed by atoms with van der Waals surface area (Å²) >= 11 is 0. The van der Waals surface area contributed by atoms with Crippen molar-refractivity contribution >= 4 is 35.6 Å². The first-order chi connectivity index (χ1) is 20.8. The highest BCUT2D eigenvalue weighted by atomic mass is 16.4. The van der Waals surface area contributed by atoms with Gasteiger partial charge in [0, 0.05) is 19.4 Å². The molecule has 0 aromatic heterocycles. The number of guanidine groups is 1. The van der Waals surface area contributed by atoms with Gasteiger partial charge < -0.3 is 49.1 Å². The average molecular weight is 613 g/mol. The van der Waals surface area contributed by atoms with E-state index in [0.29, 0.717) is 5.56 Å². The molecule has 13 N–H and O–H groups in total. The Morgan fingerprint density at radius 2 is 1.27 bits per heavy atom. The molecule has 0 saturated carbocycles. The van der Waals surface area contributed by atoms with Crippen LogP contribution >= 0.6 is 0 Å². The fourth-order valence-electron chi connectivity index (χ4n) is 4.18. The number of carbonyl (C=O) groups excluding carboxylic acids is 4. The summed E-state index contributed by atoms with van der Waals surface area (Å²) in [6, 6.07) is 9.86. The number of carboxylic acid groups (broad SMARTS) is 1. The second-order valence-electron chi connectivity index (χ2n) is 10.1. The number of phenols is 1. The zero-order valence-corrected chi connectivity index (χ0v) is 24.1. The van der Waals surface area contributed by atoms with Crippen molar-refractivity contribution in [3.8, 4) is 5.75 Å². The van der Waals surface area contributed by atoms with Crippen LogP contribution in [0.3, 0.4) is 0 Å². The number of nitrogens with zero attached hydrogens (tertiary/aromatic N) is 1. The Morgan fingerprint density at radius 3 is 1.84 bits per heavy atom. The van der Waals surface area contributed by atoms with Gasteiger partial charge in [0.2, 0.25) is 23.6 Å². The maximum Gasteiger partial charge on any atom is 0.326 e. The van der Waals surface area contributed by atoms with Crippen molar-refractivity contribution in [2.45, 2.75) is 62.7 Å². The van der Waals surface area contributed by atoms with Crippen molar-refractivity contribution in [3.05, 3.63) is 65.7 Å². The number of nitrogens with two attached hydrogens (primary N) is 4. The van der Waals surface area contributed by atoms with Gasteiger partial charge in [0.05, 0.1) is 6.04 Å². The largest absolute Gasteiger partial charge is 0.508 e. The van der Waals surface area contributed by atoms with Gasteiger partial charge in [0.25, 0.3) is 0 Å². The van der Waals surface area contributed by atoms with E-state index in [2.05, 4.69) is 20.9 Å². The van der Waals surface area contributed by atoms with Gasteiger partial charge in [-0.3, -0.25) is 24.2 Å². The van der Waals surface area contributed by atoms with Gasteiger partial charge in [0.15, 0.2) is 5.96 Å². The molecule has 4 amide bonds. The molecule has 0 radical (unpaired) electrons. The van der Waals surface area contributed by atoms with E-state index in [-0.39, 0.29) is 56.8 Å². The first-order valence-electron chi connectivity index (χ1n) is 13.9. The molecule has 2 aromatic rings. The number of amides is 4. The number of hydrogen-bond donors (Lipinski definition) is 9. The number of nitrogens with one attached hydrogen (secondary N) is 3. The van der Waals surface area contributed by atoms with Crippen LogP contribution in [0.25, 0.3) is 0 Å². The molecule has 15 nitrogen and oxygen atoms in total. The molecule has 238 valence electrons. The van der Waals surface area contributed by atoms with Crippen molar-refractivity contribution in [3.63, 3.8) is 0 Å². The Labute approximate surface area is 254 Å². The van der Waals surface area contributed by atoms with Crippen LogP contribution in [0.1, 0.15) is 36.8 Å². The maximum absolute atomic E-state index is 13.4. The zero-order valence-electron chi connectivity index (χ0n) is 24.1. The number of benzene rings is 2. The van der Waals surface area contributed by atoms with Crippen LogP contribution in [0.2, 0.25) is 0 Å². The molecule has 0 aliphatic rings. The third kappa shape index (κ3) is 12.8. The molecular formula is C29H40N8O7. The zero-order chi connectivity index (χ0) is 32.6. The molecule has 15 heteroatoms. The molecule has 0 spiro atoms. The monoisotopic (exact) mass is 612 g/mol. The summed E-state index contributed by atoms with van der Waals surface area (Å²) in [5.74, 6) is -4.52. The van der Waals surface area contributed by atoms with Crippen molar-refractivity contribution in [1.29, 1.82) is 0 Å². The van der Waals surface area contributed by atoms with Crippen molar-refractivity contribution in [2.75, 3.05) is 6.54 Å². The van der Waals surface area contributed by atoms with E-state index < -0.39 is 53.8 Å². The molecule has 0 fully saturated rings. The average Bonchev–Trinajstić information content (AvgIpc) is 2.97. The molecule has 44 heavy (non-hydrogen) atoms. The van der Waals surface area contributed by atoms with Crippen molar-refractivity contribution < 1.29 is 34.2 Å². The standard InChI is InChI=1S/C29H40N8O7/c30-20(15-17-5-2-1-3-6-17)25(40)35-21(7-4-14-34-29(32)33)26(41)36-22(12-13-24(31)39)27(42)37-23(28(43)44)16-18-8-10-19(38)11-9-18/h1-3,5-6,8-11,20-23,38H,4,7,12-16,30H2,(H2,31,39)(H,35,40)(H,36,41)(H,37,42)(H,43,44)(H4,32,33,34). The number of primary amides is 1. The highest BCUT2D eigenvalue weighted by Crippen LogP contribution is 2.12. The van der Waals surface area contributed by atoms with Crippen molar-refractivity contribution in [1.82, 2.24) is 16.0 Å². The first kappa shape index (κ1) is 35.0. The van der Waals surface area contributed by atoms with Gasteiger partial charge in [-0.05, 0) is 48.9 Å². The maximum atomic E-state index is 13.4. The molecule has 0 aliphatic heterocycles. The quantitative estimate of drug-likeness (QED) is 0.0526. The summed E-state index contributed by atoms with van der Waals surface area (Å²) in [5, 5.41) is 26.7. The second-order valence-corrected chi connectivity index (χ2v) is 10.1. The molecule has 0 aliphatic carbocycles. The minimum absolute atomic E-state index is 0.0140. The Balaban J connectivity index is 2.19. The summed E-state index contributed by atoms with van der Waals surface area (Å²) in [7, 11) is 0. The number of rotatable bonds is 18. The van der Waals surface area contributed by atoms with Crippen LogP contribution in [-0.2, 0) is 36.8 Å². The summed E-state index contributed by atoms with van der Waals surface area (Å²) in [4.78, 5) is 66.9. The lowest BCUT2D eigenvalue weighted by atomic mass is 10.0. The van der Waals surface area contributed by atoms with E-state index in [1.54, 1.807) is 24.3 Å². The number of carboxylic acids is 1. The lowest BCUT2D eigenvalue weighted by Crippen LogP contribution is -2.57. The second kappa shape index (κ2) is 17.7. The third-order valence-electron chi connectivity index (χ3n) is 6.52. The van der Waals surface area contributed by atoms with Crippen LogP contribution in [-0.4, -0.2) is 76.5 Å². The SMILES string of the molecule is NC(=O)CCC(NC(=O)C(CCCN=C(N)N)NC(=O)C(N)Cc1ccccc1)C(=O)NC(Cc1ccc(O)cc1)C(=O)O.